The third kappa shape index (κ3) is 2.76. The van der Waals surface area contributed by atoms with Crippen molar-refractivity contribution in [2.45, 2.75) is 20.5 Å². The van der Waals surface area contributed by atoms with Crippen LogP contribution < -0.4 is 0 Å². The third-order valence-electron chi connectivity index (χ3n) is 2.53. The molecule has 0 spiro atoms. The highest BCUT2D eigenvalue weighted by Crippen LogP contribution is 2.30. The fourth-order valence-electron chi connectivity index (χ4n) is 1.72. The largest absolute Gasteiger partial charge is 0.378 e. The maximum atomic E-state index is 5.08. The molecule has 2 nitrogen and oxygen atoms in total. The second kappa shape index (κ2) is 5.29. The molecule has 0 saturated carbocycles. The van der Waals surface area contributed by atoms with Crippen molar-refractivity contribution in [1.29, 1.82) is 0 Å². The summed E-state index contributed by atoms with van der Waals surface area (Å²) in [6, 6.07) is 4.32. The van der Waals surface area contributed by atoms with Crippen molar-refractivity contribution < 1.29 is 4.74 Å². The zero-order chi connectivity index (χ0) is 12.4. The number of benzene rings is 1. The summed E-state index contributed by atoms with van der Waals surface area (Å²) in [5.74, 6) is 0. The van der Waals surface area contributed by atoms with Crippen molar-refractivity contribution in [3.05, 3.63) is 38.8 Å². The van der Waals surface area contributed by atoms with Crippen LogP contribution in [-0.2, 0) is 11.3 Å². The van der Waals surface area contributed by atoms with E-state index < -0.39 is 0 Å². The highest BCUT2D eigenvalue weighted by Gasteiger charge is 2.08. The summed E-state index contributed by atoms with van der Waals surface area (Å²) in [4.78, 5) is 4.56. The van der Waals surface area contributed by atoms with Gasteiger partial charge in [0.25, 0.3) is 0 Å². The molecule has 90 valence electrons. The minimum Gasteiger partial charge on any atom is -0.378 e. The molecular weight excluding hydrogens is 298 g/mol. The first-order valence-corrected chi connectivity index (χ1v) is 6.99. The maximum Gasteiger partial charge on any atom is 0.123 e. The first-order valence-electron chi connectivity index (χ1n) is 5.32. The van der Waals surface area contributed by atoms with Crippen LogP contribution in [0, 0.1) is 13.8 Å². The van der Waals surface area contributed by atoms with Crippen LogP contribution in [0.3, 0.4) is 0 Å². The minimum absolute atomic E-state index is 0.574. The van der Waals surface area contributed by atoms with Gasteiger partial charge in [0.05, 0.1) is 12.3 Å². The lowest BCUT2D eigenvalue weighted by atomic mass is 10.1. The van der Waals surface area contributed by atoms with E-state index in [9.17, 15) is 0 Å². The van der Waals surface area contributed by atoms with Crippen LogP contribution in [0.15, 0.2) is 22.0 Å². The van der Waals surface area contributed by atoms with Gasteiger partial charge in [-0.15, -0.1) is 11.3 Å². The van der Waals surface area contributed by atoms with Gasteiger partial charge >= 0.3 is 0 Å². The van der Waals surface area contributed by atoms with Gasteiger partial charge in [0.2, 0.25) is 0 Å². The van der Waals surface area contributed by atoms with Crippen molar-refractivity contribution in [3.63, 3.8) is 0 Å². The van der Waals surface area contributed by atoms with Crippen molar-refractivity contribution in [2.24, 2.45) is 0 Å². The molecule has 2 aromatic rings. The molecule has 0 unspecified atom stereocenters. The second-order valence-corrected chi connectivity index (χ2v) is 5.65. The van der Waals surface area contributed by atoms with Gasteiger partial charge in [-0.25, -0.2) is 4.98 Å². The number of thiazole rings is 1. The van der Waals surface area contributed by atoms with Crippen LogP contribution in [0.4, 0.5) is 0 Å². The van der Waals surface area contributed by atoms with Crippen molar-refractivity contribution in [1.82, 2.24) is 4.98 Å². The Morgan fingerprint density at radius 3 is 2.53 bits per heavy atom. The normalized spacial score (nSPS) is 10.8. The SMILES string of the molecule is COCc1csc(-c2cc(C)c(Br)c(C)c2)n1. The predicted octanol–water partition coefficient (Wildman–Crippen LogP) is 4.34. The van der Waals surface area contributed by atoms with Gasteiger partial charge in [0.15, 0.2) is 0 Å². The summed E-state index contributed by atoms with van der Waals surface area (Å²) in [6.07, 6.45) is 0. The molecule has 0 fully saturated rings. The highest BCUT2D eigenvalue weighted by atomic mass is 79.9. The van der Waals surface area contributed by atoms with Gasteiger partial charge in [-0.05, 0) is 37.1 Å². The lowest BCUT2D eigenvalue weighted by Gasteiger charge is -2.05. The molecule has 0 N–H and O–H groups in total. The summed E-state index contributed by atoms with van der Waals surface area (Å²) < 4.78 is 6.26. The molecule has 17 heavy (non-hydrogen) atoms. The Bertz CT molecular complexity index is 513. The van der Waals surface area contributed by atoms with Crippen molar-refractivity contribution >= 4 is 27.3 Å². The van der Waals surface area contributed by atoms with Gasteiger partial charge in [0, 0.05) is 22.5 Å². The molecule has 0 atom stereocenters. The monoisotopic (exact) mass is 311 g/mol. The molecule has 2 rings (SSSR count). The molecule has 1 aromatic carbocycles. The Morgan fingerprint density at radius 1 is 1.29 bits per heavy atom. The lowest BCUT2D eigenvalue weighted by Crippen LogP contribution is -1.88. The van der Waals surface area contributed by atoms with Crippen LogP contribution in [-0.4, -0.2) is 12.1 Å². The van der Waals surface area contributed by atoms with E-state index in [1.54, 1.807) is 18.4 Å². The number of aromatic nitrogens is 1. The molecular formula is C13H14BrNOS. The summed E-state index contributed by atoms with van der Waals surface area (Å²) in [7, 11) is 1.69. The molecule has 0 aliphatic carbocycles. The summed E-state index contributed by atoms with van der Waals surface area (Å²) in [5, 5.41) is 3.10. The van der Waals surface area contributed by atoms with E-state index in [1.807, 2.05) is 5.38 Å². The number of hydrogen-bond donors (Lipinski definition) is 0. The number of hydrogen-bond acceptors (Lipinski definition) is 3. The number of ether oxygens (including phenoxy) is 1. The van der Waals surface area contributed by atoms with Gasteiger partial charge in [-0.1, -0.05) is 15.9 Å². The maximum absolute atomic E-state index is 5.08. The van der Waals surface area contributed by atoms with E-state index in [1.165, 1.54) is 21.2 Å². The Balaban J connectivity index is 2.39. The first-order chi connectivity index (χ1) is 8.11. The number of methoxy groups -OCH3 is 1. The Labute approximate surface area is 114 Å². The fourth-order valence-corrected chi connectivity index (χ4v) is 2.74. The fraction of sp³-hybridized carbons (Fsp3) is 0.308. The van der Waals surface area contributed by atoms with E-state index in [0.717, 1.165) is 10.7 Å². The molecule has 0 saturated heterocycles. The van der Waals surface area contributed by atoms with Crippen LogP contribution >= 0.6 is 27.3 Å². The summed E-state index contributed by atoms with van der Waals surface area (Å²) in [6.45, 7) is 4.78. The molecule has 0 bridgehead atoms. The van der Waals surface area contributed by atoms with Crippen LogP contribution in [0.1, 0.15) is 16.8 Å². The Morgan fingerprint density at radius 2 is 1.94 bits per heavy atom. The summed E-state index contributed by atoms with van der Waals surface area (Å²) >= 11 is 5.24. The standard InChI is InChI=1S/C13H14BrNOS/c1-8-4-10(5-9(2)12(8)14)13-15-11(6-16-3)7-17-13/h4-5,7H,6H2,1-3H3. The van der Waals surface area contributed by atoms with Gasteiger partial charge in [-0.3, -0.25) is 0 Å². The molecule has 1 heterocycles. The van der Waals surface area contributed by atoms with E-state index in [0.29, 0.717) is 6.61 Å². The van der Waals surface area contributed by atoms with Crippen molar-refractivity contribution in [3.8, 4) is 10.6 Å². The average Bonchev–Trinajstić information content (AvgIpc) is 2.74. The smallest absolute Gasteiger partial charge is 0.123 e. The topological polar surface area (TPSA) is 22.1 Å². The molecule has 0 aliphatic heterocycles. The predicted molar refractivity (Wildman–Crippen MR) is 75.4 cm³/mol. The Hall–Kier alpha value is -0.710. The van der Waals surface area contributed by atoms with E-state index in [-0.39, 0.29) is 0 Å². The Kier molecular flexibility index (Phi) is 3.97. The first kappa shape index (κ1) is 12.7. The number of halogens is 1. The van der Waals surface area contributed by atoms with Gasteiger partial charge < -0.3 is 4.74 Å². The molecule has 1 aromatic heterocycles. The zero-order valence-electron chi connectivity index (χ0n) is 10.1. The molecule has 4 heteroatoms. The lowest BCUT2D eigenvalue weighted by molar-refractivity contribution is 0.182. The summed E-state index contributed by atoms with van der Waals surface area (Å²) in [5.41, 5.74) is 4.65. The number of aryl methyl sites for hydroxylation is 2. The van der Waals surface area contributed by atoms with Crippen molar-refractivity contribution in [2.75, 3.05) is 7.11 Å². The van der Waals surface area contributed by atoms with Crippen LogP contribution in [0.25, 0.3) is 10.6 Å². The van der Waals surface area contributed by atoms with Gasteiger partial charge in [0.1, 0.15) is 5.01 Å². The average molecular weight is 312 g/mol. The van der Waals surface area contributed by atoms with Gasteiger partial charge in [-0.2, -0.15) is 0 Å². The number of rotatable bonds is 3. The number of nitrogens with zero attached hydrogens (tertiary/aromatic N) is 1. The molecule has 0 radical (unpaired) electrons. The quantitative estimate of drug-likeness (QED) is 0.841. The van der Waals surface area contributed by atoms with E-state index in [4.69, 9.17) is 4.74 Å². The van der Waals surface area contributed by atoms with E-state index in [2.05, 4.69) is 46.9 Å². The minimum atomic E-state index is 0.574. The van der Waals surface area contributed by atoms with Crippen LogP contribution in [0.5, 0.6) is 0 Å². The van der Waals surface area contributed by atoms with E-state index >= 15 is 0 Å². The molecule has 0 amide bonds. The highest BCUT2D eigenvalue weighted by molar-refractivity contribution is 9.10. The molecule has 0 aliphatic rings. The van der Waals surface area contributed by atoms with Crippen LogP contribution in [0.2, 0.25) is 0 Å². The zero-order valence-corrected chi connectivity index (χ0v) is 12.5. The third-order valence-corrected chi connectivity index (χ3v) is 4.72. The second-order valence-electron chi connectivity index (χ2n) is 4.00.